The van der Waals surface area contributed by atoms with Crippen LogP contribution >= 0.6 is 0 Å². The molecular weight excluding hydrogens is 124 g/mol. The molecule has 0 fully saturated rings. The average molecular weight is 136 g/mol. The minimum Gasteiger partial charge on any atom is -0.241 e. The van der Waals surface area contributed by atoms with Gasteiger partial charge in [0.15, 0.2) is 0 Å². The van der Waals surface area contributed by atoms with Gasteiger partial charge < -0.3 is 0 Å². The smallest absolute Gasteiger partial charge is 0.128 e. The summed E-state index contributed by atoms with van der Waals surface area (Å²) in [6.07, 6.45) is 5.82. The second kappa shape index (κ2) is 3.30. The summed E-state index contributed by atoms with van der Waals surface area (Å²) in [7, 11) is 0. The molecule has 10 heavy (non-hydrogen) atoms. The van der Waals surface area contributed by atoms with Gasteiger partial charge in [-0.3, -0.25) is 0 Å². The molecule has 0 aliphatic carbocycles. The van der Waals surface area contributed by atoms with Crippen LogP contribution in [0.3, 0.4) is 0 Å². The summed E-state index contributed by atoms with van der Waals surface area (Å²) in [4.78, 5) is 8.31. The zero-order chi connectivity index (χ0) is 7.40. The summed E-state index contributed by atoms with van der Waals surface area (Å²) >= 11 is 0. The number of aryl methyl sites for hydroxylation is 2. The Hall–Kier alpha value is -0.920. The van der Waals surface area contributed by atoms with E-state index in [4.69, 9.17) is 0 Å². The number of hydrogen-bond acceptors (Lipinski definition) is 2. The van der Waals surface area contributed by atoms with E-state index in [0.717, 1.165) is 24.2 Å². The van der Waals surface area contributed by atoms with E-state index >= 15 is 0 Å². The monoisotopic (exact) mass is 136 g/mol. The van der Waals surface area contributed by atoms with Crippen LogP contribution in [0.15, 0.2) is 12.4 Å². The van der Waals surface area contributed by atoms with Gasteiger partial charge in [0, 0.05) is 18.8 Å². The first-order valence-corrected chi connectivity index (χ1v) is 3.60. The van der Waals surface area contributed by atoms with Gasteiger partial charge in [-0.1, -0.05) is 6.92 Å². The van der Waals surface area contributed by atoms with Crippen molar-refractivity contribution in [2.75, 3.05) is 0 Å². The highest BCUT2D eigenvalue weighted by atomic mass is 14.9. The molecule has 0 N–H and O–H groups in total. The normalized spacial score (nSPS) is 9.80. The molecule has 0 bridgehead atoms. The summed E-state index contributed by atoms with van der Waals surface area (Å²) < 4.78 is 0. The zero-order valence-corrected chi connectivity index (χ0v) is 6.46. The van der Waals surface area contributed by atoms with E-state index < -0.39 is 0 Å². The van der Waals surface area contributed by atoms with E-state index in [1.807, 2.05) is 19.3 Å². The lowest BCUT2D eigenvalue weighted by atomic mass is 10.3. The van der Waals surface area contributed by atoms with Crippen molar-refractivity contribution in [3.63, 3.8) is 0 Å². The van der Waals surface area contributed by atoms with Crippen molar-refractivity contribution in [1.29, 1.82) is 0 Å². The van der Waals surface area contributed by atoms with E-state index in [9.17, 15) is 0 Å². The number of nitrogens with zero attached hydrogens (tertiary/aromatic N) is 2. The highest BCUT2D eigenvalue weighted by molar-refractivity contribution is 5.01. The Balaban J connectivity index is 2.69. The maximum absolute atomic E-state index is 4.16. The highest BCUT2D eigenvalue weighted by Crippen LogP contribution is 1.95. The van der Waals surface area contributed by atoms with Crippen LogP contribution in [-0.2, 0) is 6.42 Å². The summed E-state index contributed by atoms with van der Waals surface area (Å²) in [5.41, 5.74) is 1.12. The van der Waals surface area contributed by atoms with Gasteiger partial charge in [0.1, 0.15) is 5.82 Å². The fourth-order valence-corrected chi connectivity index (χ4v) is 0.772. The van der Waals surface area contributed by atoms with E-state index in [0.29, 0.717) is 0 Å². The van der Waals surface area contributed by atoms with Gasteiger partial charge in [-0.15, -0.1) is 0 Å². The first-order chi connectivity index (χ1) is 4.83. The molecule has 2 heteroatoms. The molecular formula is C8H12N2. The summed E-state index contributed by atoms with van der Waals surface area (Å²) in [5, 5.41) is 0. The summed E-state index contributed by atoms with van der Waals surface area (Å²) in [6.45, 7) is 4.12. The van der Waals surface area contributed by atoms with Gasteiger partial charge >= 0.3 is 0 Å². The van der Waals surface area contributed by atoms with Crippen LogP contribution in [0.1, 0.15) is 24.7 Å². The van der Waals surface area contributed by atoms with Crippen molar-refractivity contribution in [3.8, 4) is 0 Å². The maximum Gasteiger partial charge on any atom is 0.128 e. The van der Waals surface area contributed by atoms with E-state index in [2.05, 4.69) is 16.9 Å². The Morgan fingerprint density at radius 1 is 1.30 bits per heavy atom. The Morgan fingerprint density at radius 3 is 2.40 bits per heavy atom. The summed E-state index contributed by atoms with van der Waals surface area (Å²) in [5.74, 6) is 0.952. The van der Waals surface area contributed by atoms with Crippen LogP contribution in [0.4, 0.5) is 0 Å². The second-order valence-corrected chi connectivity index (χ2v) is 2.43. The van der Waals surface area contributed by atoms with Gasteiger partial charge in [0.25, 0.3) is 0 Å². The van der Waals surface area contributed by atoms with Crippen molar-refractivity contribution < 1.29 is 0 Å². The lowest BCUT2D eigenvalue weighted by Crippen LogP contribution is -1.92. The lowest BCUT2D eigenvalue weighted by Gasteiger charge is -1.95. The van der Waals surface area contributed by atoms with Crippen LogP contribution in [-0.4, -0.2) is 9.97 Å². The molecule has 0 aromatic carbocycles. The molecule has 1 heterocycles. The van der Waals surface area contributed by atoms with Gasteiger partial charge in [-0.25, -0.2) is 9.97 Å². The summed E-state index contributed by atoms with van der Waals surface area (Å²) in [6, 6.07) is 0. The van der Waals surface area contributed by atoms with Crippen molar-refractivity contribution in [1.82, 2.24) is 9.97 Å². The SMILES string of the molecule is CCCc1ncc(C)cn1. The van der Waals surface area contributed by atoms with E-state index in [-0.39, 0.29) is 0 Å². The van der Waals surface area contributed by atoms with Gasteiger partial charge in [-0.05, 0) is 18.9 Å². The molecule has 0 unspecified atom stereocenters. The van der Waals surface area contributed by atoms with Crippen LogP contribution in [0.2, 0.25) is 0 Å². The third-order valence-corrected chi connectivity index (χ3v) is 1.31. The molecule has 0 saturated heterocycles. The Morgan fingerprint density at radius 2 is 1.90 bits per heavy atom. The van der Waals surface area contributed by atoms with Crippen molar-refractivity contribution in [2.45, 2.75) is 26.7 Å². The Labute approximate surface area is 61.3 Å². The van der Waals surface area contributed by atoms with Crippen molar-refractivity contribution in [2.24, 2.45) is 0 Å². The molecule has 1 aromatic heterocycles. The Kier molecular flexibility index (Phi) is 2.37. The molecule has 0 spiro atoms. The first-order valence-electron chi connectivity index (χ1n) is 3.60. The minimum absolute atomic E-state index is 0.952. The standard InChI is InChI=1S/C8H12N2/c1-3-4-8-9-5-7(2)6-10-8/h5-6H,3-4H2,1-2H3. The molecule has 54 valence electrons. The third kappa shape index (κ3) is 1.79. The van der Waals surface area contributed by atoms with E-state index in [1.54, 1.807) is 0 Å². The topological polar surface area (TPSA) is 25.8 Å². The van der Waals surface area contributed by atoms with Crippen LogP contribution < -0.4 is 0 Å². The van der Waals surface area contributed by atoms with Crippen LogP contribution in [0, 0.1) is 6.92 Å². The zero-order valence-electron chi connectivity index (χ0n) is 6.46. The maximum atomic E-state index is 4.16. The fraction of sp³-hybridized carbons (Fsp3) is 0.500. The first kappa shape index (κ1) is 7.19. The van der Waals surface area contributed by atoms with Gasteiger partial charge in [0.05, 0.1) is 0 Å². The fourth-order valence-electron chi connectivity index (χ4n) is 0.772. The molecule has 2 nitrogen and oxygen atoms in total. The molecule has 0 amide bonds. The molecule has 1 aromatic rings. The molecule has 1 rings (SSSR count). The van der Waals surface area contributed by atoms with Gasteiger partial charge in [0.2, 0.25) is 0 Å². The molecule has 0 aliphatic rings. The van der Waals surface area contributed by atoms with Crippen molar-refractivity contribution in [3.05, 3.63) is 23.8 Å². The highest BCUT2D eigenvalue weighted by Gasteiger charge is 1.91. The predicted molar refractivity (Wildman–Crippen MR) is 40.8 cm³/mol. The van der Waals surface area contributed by atoms with E-state index in [1.165, 1.54) is 0 Å². The predicted octanol–water partition coefficient (Wildman–Crippen LogP) is 1.74. The molecule has 0 radical (unpaired) electrons. The largest absolute Gasteiger partial charge is 0.241 e. The van der Waals surface area contributed by atoms with Crippen LogP contribution in [0.5, 0.6) is 0 Å². The molecule has 0 atom stereocenters. The average Bonchev–Trinajstić information content (AvgIpc) is 1.95. The molecule has 0 aliphatic heterocycles. The second-order valence-electron chi connectivity index (χ2n) is 2.43. The number of aromatic nitrogens is 2. The number of rotatable bonds is 2. The van der Waals surface area contributed by atoms with Crippen LogP contribution in [0.25, 0.3) is 0 Å². The van der Waals surface area contributed by atoms with Crippen molar-refractivity contribution >= 4 is 0 Å². The lowest BCUT2D eigenvalue weighted by molar-refractivity contribution is 0.830. The van der Waals surface area contributed by atoms with Gasteiger partial charge in [-0.2, -0.15) is 0 Å². The quantitative estimate of drug-likeness (QED) is 0.618. The minimum atomic E-state index is 0.952. The third-order valence-electron chi connectivity index (χ3n) is 1.31. The molecule has 0 saturated carbocycles. The Bertz CT molecular complexity index is 191. The number of hydrogen-bond donors (Lipinski definition) is 0.